The summed E-state index contributed by atoms with van der Waals surface area (Å²) in [5.74, 6) is -2.74. The molecule has 1 aliphatic heterocycles. The lowest BCUT2D eigenvalue weighted by Gasteiger charge is -2.18. The van der Waals surface area contributed by atoms with Crippen LogP contribution in [0, 0.1) is 5.82 Å². The number of halogens is 4. The van der Waals surface area contributed by atoms with Crippen LogP contribution in [0.2, 0.25) is 0 Å². The standard InChI is InChI=1S/C26H33F4NO2/c1-18(11-12-20-10-7-15-31-19(20)2)8-5-3-4-6-9-21(16-25(32)33)23-17-22(26(28,29)30)13-14-24(23)27/h11-14,17,21,31H,1,3-10,15-16H2,2H3,(H,32,33)/b12-11-. The molecule has 1 aromatic carbocycles. The van der Waals surface area contributed by atoms with Crippen LogP contribution in [0.15, 0.2) is 53.8 Å². The first kappa shape index (κ1) is 26.7. The van der Waals surface area contributed by atoms with E-state index in [1.54, 1.807) is 0 Å². The Hall–Kier alpha value is -2.57. The molecule has 0 spiro atoms. The van der Waals surface area contributed by atoms with Crippen molar-refractivity contribution in [2.24, 2.45) is 0 Å². The number of alkyl halides is 3. The molecule has 2 N–H and O–H groups in total. The zero-order chi connectivity index (χ0) is 24.4. The van der Waals surface area contributed by atoms with Crippen LogP contribution in [0.5, 0.6) is 0 Å². The molecule has 0 saturated carbocycles. The Morgan fingerprint density at radius 1 is 1.24 bits per heavy atom. The zero-order valence-electron chi connectivity index (χ0n) is 19.1. The molecule has 1 aliphatic rings. The summed E-state index contributed by atoms with van der Waals surface area (Å²) in [4.78, 5) is 11.2. The molecule has 0 radical (unpaired) electrons. The Balaban J connectivity index is 1.82. The second-order valence-electron chi connectivity index (χ2n) is 8.65. The lowest BCUT2D eigenvalue weighted by atomic mass is 9.88. The summed E-state index contributed by atoms with van der Waals surface area (Å²) in [5.41, 5.74) is 2.41. The minimum Gasteiger partial charge on any atom is -0.481 e. The first-order valence-corrected chi connectivity index (χ1v) is 11.5. The van der Waals surface area contributed by atoms with Crippen LogP contribution in [-0.2, 0) is 11.0 Å². The van der Waals surface area contributed by atoms with Crippen LogP contribution in [-0.4, -0.2) is 17.6 Å². The second-order valence-corrected chi connectivity index (χ2v) is 8.65. The van der Waals surface area contributed by atoms with Gasteiger partial charge >= 0.3 is 12.1 Å². The number of benzene rings is 1. The van der Waals surface area contributed by atoms with Gasteiger partial charge in [0.25, 0.3) is 0 Å². The number of aliphatic carboxylic acids is 1. The Morgan fingerprint density at radius 2 is 1.97 bits per heavy atom. The molecule has 3 nitrogen and oxygen atoms in total. The predicted molar refractivity (Wildman–Crippen MR) is 122 cm³/mol. The highest BCUT2D eigenvalue weighted by Crippen LogP contribution is 2.35. The summed E-state index contributed by atoms with van der Waals surface area (Å²) >= 11 is 0. The molecule has 0 aromatic heterocycles. The van der Waals surface area contributed by atoms with Gasteiger partial charge < -0.3 is 10.4 Å². The quantitative estimate of drug-likeness (QED) is 0.190. The van der Waals surface area contributed by atoms with E-state index in [9.17, 15) is 22.4 Å². The van der Waals surface area contributed by atoms with Gasteiger partial charge in [-0.3, -0.25) is 4.79 Å². The summed E-state index contributed by atoms with van der Waals surface area (Å²) in [6.07, 6.45) is 5.73. The van der Waals surface area contributed by atoms with Crippen LogP contribution in [0.4, 0.5) is 17.6 Å². The van der Waals surface area contributed by atoms with E-state index in [1.165, 1.54) is 11.3 Å². The number of unbranched alkanes of at least 4 members (excludes halogenated alkanes) is 3. The smallest absolute Gasteiger partial charge is 0.416 e. The van der Waals surface area contributed by atoms with Crippen LogP contribution < -0.4 is 5.32 Å². The second kappa shape index (κ2) is 12.6. The molecule has 182 valence electrons. The highest BCUT2D eigenvalue weighted by molar-refractivity contribution is 5.68. The van der Waals surface area contributed by atoms with Crippen molar-refractivity contribution in [3.05, 3.63) is 70.7 Å². The Labute approximate surface area is 193 Å². The van der Waals surface area contributed by atoms with E-state index in [4.69, 9.17) is 5.11 Å². The largest absolute Gasteiger partial charge is 0.481 e. The third-order valence-electron chi connectivity index (χ3n) is 6.00. The van der Waals surface area contributed by atoms with Gasteiger partial charge in [-0.25, -0.2) is 4.39 Å². The topological polar surface area (TPSA) is 49.3 Å². The average Bonchev–Trinajstić information content (AvgIpc) is 2.74. The highest BCUT2D eigenvalue weighted by Gasteiger charge is 2.32. The number of carbonyl (C=O) groups is 1. The predicted octanol–water partition coefficient (Wildman–Crippen LogP) is 7.51. The van der Waals surface area contributed by atoms with Crippen molar-refractivity contribution in [2.75, 3.05) is 6.54 Å². The Morgan fingerprint density at radius 3 is 2.64 bits per heavy atom. The van der Waals surface area contributed by atoms with Crippen molar-refractivity contribution in [3.8, 4) is 0 Å². The summed E-state index contributed by atoms with van der Waals surface area (Å²) < 4.78 is 53.2. The van der Waals surface area contributed by atoms with Crippen molar-refractivity contribution in [3.63, 3.8) is 0 Å². The normalized spacial score (nSPS) is 15.5. The minimum atomic E-state index is -4.60. The first-order chi connectivity index (χ1) is 15.6. The van der Waals surface area contributed by atoms with Crippen molar-refractivity contribution in [2.45, 2.75) is 76.8 Å². The van der Waals surface area contributed by atoms with Crippen molar-refractivity contribution < 1.29 is 27.5 Å². The highest BCUT2D eigenvalue weighted by atomic mass is 19.4. The summed E-state index contributed by atoms with van der Waals surface area (Å²) in [6.45, 7) is 7.18. The van der Waals surface area contributed by atoms with Crippen molar-refractivity contribution in [1.82, 2.24) is 5.32 Å². The van der Waals surface area contributed by atoms with Gasteiger partial charge in [-0.05, 0) is 74.3 Å². The molecular weight excluding hydrogens is 434 g/mol. The molecule has 2 rings (SSSR count). The minimum absolute atomic E-state index is 0.174. The van der Waals surface area contributed by atoms with Gasteiger partial charge in [-0.2, -0.15) is 13.2 Å². The third kappa shape index (κ3) is 9.06. The number of carboxylic acid groups (broad SMARTS) is 1. The van der Waals surface area contributed by atoms with Crippen molar-refractivity contribution in [1.29, 1.82) is 0 Å². The molecule has 0 saturated heterocycles. The molecule has 0 bridgehead atoms. The Bertz CT molecular complexity index is 887. The molecular formula is C26H33F4NO2. The molecule has 33 heavy (non-hydrogen) atoms. The van der Waals surface area contributed by atoms with Gasteiger partial charge in [0.05, 0.1) is 12.0 Å². The fourth-order valence-electron chi connectivity index (χ4n) is 4.07. The van der Waals surface area contributed by atoms with E-state index in [0.717, 1.165) is 62.8 Å². The van der Waals surface area contributed by atoms with E-state index in [0.29, 0.717) is 18.9 Å². The van der Waals surface area contributed by atoms with E-state index < -0.39 is 35.9 Å². The number of hydrogen-bond acceptors (Lipinski definition) is 2. The van der Waals surface area contributed by atoms with Gasteiger partial charge in [-0.15, -0.1) is 0 Å². The lowest BCUT2D eigenvalue weighted by molar-refractivity contribution is -0.138. The fraction of sp³-hybridized carbons (Fsp3) is 0.500. The SMILES string of the molecule is C=C(/C=C\C1=C(C)NCCC1)CCCCCCC(CC(=O)O)c1cc(C(F)(F)F)ccc1F. The molecule has 1 atom stereocenters. The maximum Gasteiger partial charge on any atom is 0.416 e. The summed E-state index contributed by atoms with van der Waals surface area (Å²) in [5, 5.41) is 12.5. The van der Waals surface area contributed by atoms with E-state index in [-0.39, 0.29) is 5.56 Å². The average molecular weight is 468 g/mol. The number of allylic oxidation sites excluding steroid dienone is 5. The first-order valence-electron chi connectivity index (χ1n) is 11.5. The van der Waals surface area contributed by atoms with E-state index in [2.05, 4.69) is 24.9 Å². The van der Waals surface area contributed by atoms with Crippen LogP contribution in [0.3, 0.4) is 0 Å². The molecule has 1 aromatic rings. The molecule has 0 aliphatic carbocycles. The van der Waals surface area contributed by atoms with Gasteiger partial charge in [0.15, 0.2) is 0 Å². The number of carboxylic acids is 1. The molecule has 1 heterocycles. The molecule has 7 heteroatoms. The number of rotatable bonds is 12. The summed E-state index contributed by atoms with van der Waals surface area (Å²) in [7, 11) is 0. The molecule has 0 amide bonds. The third-order valence-corrected chi connectivity index (χ3v) is 6.00. The fourth-order valence-corrected chi connectivity index (χ4v) is 4.07. The van der Waals surface area contributed by atoms with Crippen molar-refractivity contribution >= 4 is 5.97 Å². The maximum absolute atomic E-state index is 14.2. The van der Waals surface area contributed by atoms with Crippen LogP contribution in [0.25, 0.3) is 0 Å². The van der Waals surface area contributed by atoms with Crippen LogP contribution >= 0.6 is 0 Å². The number of hydrogen-bond donors (Lipinski definition) is 2. The van der Waals surface area contributed by atoms with Gasteiger partial charge in [0.1, 0.15) is 5.82 Å². The number of nitrogens with one attached hydrogen (secondary N) is 1. The summed E-state index contributed by atoms with van der Waals surface area (Å²) in [6, 6.07) is 2.20. The van der Waals surface area contributed by atoms with Gasteiger partial charge in [-0.1, -0.05) is 43.6 Å². The van der Waals surface area contributed by atoms with Crippen LogP contribution in [0.1, 0.15) is 81.8 Å². The molecule has 1 unspecified atom stereocenters. The maximum atomic E-state index is 14.2. The van der Waals surface area contributed by atoms with E-state index >= 15 is 0 Å². The lowest BCUT2D eigenvalue weighted by Crippen LogP contribution is -2.19. The molecule has 0 fully saturated rings. The van der Waals surface area contributed by atoms with E-state index in [1.807, 2.05) is 6.08 Å². The Kier molecular flexibility index (Phi) is 10.2. The zero-order valence-corrected chi connectivity index (χ0v) is 19.1. The van der Waals surface area contributed by atoms with Gasteiger partial charge in [0.2, 0.25) is 0 Å². The van der Waals surface area contributed by atoms with Gasteiger partial charge in [0, 0.05) is 12.2 Å². The monoisotopic (exact) mass is 467 g/mol.